The summed E-state index contributed by atoms with van der Waals surface area (Å²) < 4.78 is 7.62. The van der Waals surface area contributed by atoms with E-state index in [9.17, 15) is 9.59 Å². The van der Waals surface area contributed by atoms with Crippen LogP contribution in [0.5, 0.6) is 5.75 Å². The molecule has 1 aliphatic carbocycles. The Morgan fingerprint density at radius 2 is 1.80 bits per heavy atom. The van der Waals surface area contributed by atoms with Crippen LogP contribution in [0.4, 0.5) is 10.5 Å². The van der Waals surface area contributed by atoms with Crippen LogP contribution in [0.1, 0.15) is 43.1 Å². The first-order valence-corrected chi connectivity index (χ1v) is 10.9. The Labute approximate surface area is 176 Å². The lowest BCUT2D eigenvalue weighted by molar-refractivity contribution is 0.101. The second kappa shape index (κ2) is 7.78. The van der Waals surface area contributed by atoms with E-state index in [1.54, 1.807) is 12.3 Å². The lowest BCUT2D eigenvalue weighted by atomic mass is 10.0. The lowest BCUT2D eigenvalue weighted by Crippen LogP contribution is -2.34. The average molecular weight is 409 g/mol. The van der Waals surface area contributed by atoms with Gasteiger partial charge in [0, 0.05) is 51.1 Å². The van der Waals surface area contributed by atoms with Gasteiger partial charge in [-0.05, 0) is 55.7 Å². The molecule has 7 heteroatoms. The summed E-state index contributed by atoms with van der Waals surface area (Å²) in [4.78, 5) is 28.4. The van der Waals surface area contributed by atoms with Crippen molar-refractivity contribution in [1.82, 2.24) is 14.7 Å². The van der Waals surface area contributed by atoms with Gasteiger partial charge >= 0.3 is 6.03 Å². The molecule has 2 aliphatic heterocycles. The van der Waals surface area contributed by atoms with Crippen molar-refractivity contribution in [2.24, 2.45) is 11.8 Å². The number of rotatable bonds is 4. The van der Waals surface area contributed by atoms with Crippen molar-refractivity contribution in [3.8, 4) is 5.75 Å². The number of carbonyl (C=O) groups excluding carboxylic acids is 2. The van der Waals surface area contributed by atoms with Gasteiger partial charge < -0.3 is 14.5 Å². The van der Waals surface area contributed by atoms with E-state index in [0.717, 1.165) is 44.8 Å². The minimum Gasteiger partial charge on any atom is -0.490 e. The van der Waals surface area contributed by atoms with Crippen LogP contribution in [-0.2, 0) is 0 Å². The third-order valence-electron chi connectivity index (χ3n) is 6.72. The molecule has 1 amide bonds. The number of ketones is 1. The summed E-state index contributed by atoms with van der Waals surface area (Å²) in [5.41, 5.74) is 1.58. The van der Waals surface area contributed by atoms with E-state index in [-0.39, 0.29) is 17.9 Å². The monoisotopic (exact) mass is 408 g/mol. The number of hydrogen-bond acceptors (Lipinski definition) is 5. The zero-order valence-electron chi connectivity index (χ0n) is 17.4. The van der Waals surface area contributed by atoms with Crippen LogP contribution in [0.25, 0.3) is 0 Å². The van der Waals surface area contributed by atoms with Gasteiger partial charge in [-0.15, -0.1) is 0 Å². The van der Waals surface area contributed by atoms with Crippen LogP contribution in [0, 0.1) is 11.8 Å². The second-order valence-corrected chi connectivity index (χ2v) is 8.81. The predicted molar refractivity (Wildman–Crippen MR) is 113 cm³/mol. The van der Waals surface area contributed by atoms with Crippen LogP contribution >= 0.6 is 0 Å². The topological polar surface area (TPSA) is 67.7 Å². The molecule has 3 fully saturated rings. The number of nitrogens with zero attached hydrogens (tertiary/aromatic N) is 4. The number of carbonyl (C=O) groups is 2. The fourth-order valence-corrected chi connectivity index (χ4v) is 5.18. The molecule has 0 N–H and O–H groups in total. The van der Waals surface area contributed by atoms with Gasteiger partial charge in [-0.1, -0.05) is 6.07 Å². The highest BCUT2D eigenvalue weighted by Gasteiger charge is 2.43. The van der Waals surface area contributed by atoms with Crippen LogP contribution in [0.2, 0.25) is 0 Å². The van der Waals surface area contributed by atoms with Gasteiger partial charge in [0.1, 0.15) is 11.4 Å². The number of fused-ring (bicyclic) bond motifs is 1. The Bertz CT molecular complexity index is 935. The second-order valence-electron chi connectivity index (χ2n) is 8.81. The SMILES string of the molecule is CC(=O)c1ccn(C(=O)N2C[C@H]3C[C@H](Oc4cccc(N5CCCC5)c4)C[C@H]3C2)n1. The minimum atomic E-state index is -0.146. The van der Waals surface area contributed by atoms with E-state index in [1.807, 2.05) is 11.0 Å². The Morgan fingerprint density at radius 3 is 2.47 bits per heavy atom. The summed E-state index contributed by atoms with van der Waals surface area (Å²) in [5.74, 6) is 1.74. The van der Waals surface area contributed by atoms with Gasteiger partial charge in [0.2, 0.25) is 0 Å². The smallest absolute Gasteiger partial charge is 0.344 e. The molecule has 3 aliphatic rings. The number of ether oxygens (including phenoxy) is 1. The average Bonchev–Trinajstić information content (AvgIpc) is 3.50. The summed E-state index contributed by atoms with van der Waals surface area (Å²) in [7, 11) is 0. The van der Waals surface area contributed by atoms with Crippen molar-refractivity contribution in [3.63, 3.8) is 0 Å². The molecule has 2 aromatic rings. The Hall–Kier alpha value is -2.83. The highest BCUT2D eigenvalue weighted by Crippen LogP contribution is 2.40. The maximum atomic E-state index is 12.7. The molecule has 1 aromatic heterocycles. The number of aromatic nitrogens is 2. The van der Waals surface area contributed by atoms with E-state index in [1.165, 1.54) is 30.1 Å². The zero-order chi connectivity index (χ0) is 20.7. The molecular weight excluding hydrogens is 380 g/mol. The fourth-order valence-electron chi connectivity index (χ4n) is 5.18. The van der Waals surface area contributed by atoms with Gasteiger partial charge in [0.25, 0.3) is 0 Å². The summed E-state index contributed by atoms with van der Waals surface area (Å²) in [6.07, 6.45) is 6.26. The van der Waals surface area contributed by atoms with Crippen molar-refractivity contribution >= 4 is 17.5 Å². The van der Waals surface area contributed by atoms with Crippen LogP contribution in [-0.4, -0.2) is 58.8 Å². The largest absolute Gasteiger partial charge is 0.490 e. The molecule has 0 bridgehead atoms. The number of benzene rings is 1. The summed E-state index contributed by atoms with van der Waals surface area (Å²) in [6.45, 7) is 5.17. The Balaban J connectivity index is 1.17. The van der Waals surface area contributed by atoms with Crippen LogP contribution < -0.4 is 9.64 Å². The van der Waals surface area contributed by atoms with E-state index in [0.29, 0.717) is 17.5 Å². The van der Waals surface area contributed by atoms with Crippen molar-refractivity contribution < 1.29 is 14.3 Å². The molecule has 158 valence electrons. The Kier molecular flexibility index (Phi) is 4.97. The summed E-state index contributed by atoms with van der Waals surface area (Å²) in [5, 5.41) is 4.11. The minimum absolute atomic E-state index is 0.131. The highest BCUT2D eigenvalue weighted by atomic mass is 16.5. The fraction of sp³-hybridized carbons (Fsp3) is 0.522. The van der Waals surface area contributed by atoms with Crippen molar-refractivity contribution in [2.45, 2.75) is 38.7 Å². The molecule has 3 atom stereocenters. The number of amides is 1. The third kappa shape index (κ3) is 3.68. The molecular formula is C23H28N4O3. The zero-order valence-corrected chi connectivity index (χ0v) is 17.4. The molecule has 5 rings (SSSR count). The first kappa shape index (κ1) is 19.2. The molecule has 0 spiro atoms. The normalized spacial score (nSPS) is 25.6. The van der Waals surface area contributed by atoms with E-state index < -0.39 is 0 Å². The summed E-state index contributed by atoms with van der Waals surface area (Å²) in [6, 6.07) is 9.91. The number of anilines is 1. The number of Topliss-reactive ketones (excluding diaryl/α,β-unsaturated/α-hetero) is 1. The van der Waals surface area contributed by atoms with Gasteiger partial charge in [0.15, 0.2) is 5.78 Å². The quantitative estimate of drug-likeness (QED) is 0.725. The molecule has 2 saturated heterocycles. The van der Waals surface area contributed by atoms with Gasteiger partial charge in [-0.25, -0.2) is 4.79 Å². The number of hydrogen-bond donors (Lipinski definition) is 0. The van der Waals surface area contributed by atoms with E-state index in [2.05, 4.69) is 28.2 Å². The van der Waals surface area contributed by atoms with Gasteiger partial charge in [-0.2, -0.15) is 9.78 Å². The van der Waals surface area contributed by atoms with Crippen molar-refractivity contribution in [1.29, 1.82) is 0 Å². The third-order valence-corrected chi connectivity index (χ3v) is 6.72. The van der Waals surface area contributed by atoms with E-state index in [4.69, 9.17) is 4.74 Å². The van der Waals surface area contributed by atoms with Gasteiger partial charge in [-0.3, -0.25) is 4.79 Å². The van der Waals surface area contributed by atoms with Crippen LogP contribution in [0.3, 0.4) is 0 Å². The molecule has 7 nitrogen and oxygen atoms in total. The van der Waals surface area contributed by atoms with Crippen molar-refractivity contribution in [2.75, 3.05) is 31.1 Å². The first-order chi connectivity index (χ1) is 14.6. The molecule has 1 aromatic carbocycles. The standard InChI is InChI=1S/C23H28N4O3/c1-16(28)22-7-10-27(24-22)23(29)26-14-17-11-21(12-18(17)15-26)30-20-6-4-5-19(13-20)25-8-2-3-9-25/h4-7,10,13,17-18,21H,2-3,8-9,11-12,14-15H2,1H3/t17-,18+,21+. The predicted octanol–water partition coefficient (Wildman–Crippen LogP) is 3.44. The number of likely N-dealkylation sites (tertiary alicyclic amines) is 1. The lowest BCUT2D eigenvalue weighted by Gasteiger charge is -2.21. The van der Waals surface area contributed by atoms with Gasteiger partial charge in [0.05, 0.1) is 6.10 Å². The molecule has 0 unspecified atom stereocenters. The summed E-state index contributed by atoms with van der Waals surface area (Å²) >= 11 is 0. The first-order valence-electron chi connectivity index (χ1n) is 10.9. The maximum Gasteiger partial charge on any atom is 0.344 e. The Morgan fingerprint density at radius 1 is 1.07 bits per heavy atom. The van der Waals surface area contributed by atoms with Crippen molar-refractivity contribution in [3.05, 3.63) is 42.2 Å². The molecule has 30 heavy (non-hydrogen) atoms. The van der Waals surface area contributed by atoms with E-state index >= 15 is 0 Å². The van der Waals surface area contributed by atoms with Crippen LogP contribution in [0.15, 0.2) is 36.5 Å². The highest BCUT2D eigenvalue weighted by molar-refractivity contribution is 5.92. The molecule has 0 radical (unpaired) electrons. The molecule has 1 saturated carbocycles. The maximum absolute atomic E-state index is 12.7. The molecule has 3 heterocycles.